The lowest BCUT2D eigenvalue weighted by molar-refractivity contribution is 0.101. The van der Waals surface area contributed by atoms with Crippen molar-refractivity contribution in [2.75, 3.05) is 23.8 Å². The van der Waals surface area contributed by atoms with E-state index in [1.54, 1.807) is 36.4 Å². The van der Waals surface area contributed by atoms with Gasteiger partial charge in [-0.2, -0.15) is 0 Å². The Balaban J connectivity index is 1.42. The lowest BCUT2D eigenvalue weighted by Crippen LogP contribution is -2.16. The molecule has 7 heteroatoms. The van der Waals surface area contributed by atoms with Crippen molar-refractivity contribution >= 4 is 23.2 Å². The molecule has 2 amide bonds. The van der Waals surface area contributed by atoms with Crippen molar-refractivity contribution in [1.29, 1.82) is 0 Å². The van der Waals surface area contributed by atoms with Crippen molar-refractivity contribution in [3.8, 4) is 11.5 Å². The number of fused-ring (bicyclic) bond motifs is 1. The number of benzene rings is 3. The molecule has 29 heavy (non-hydrogen) atoms. The van der Waals surface area contributed by atoms with Gasteiger partial charge in [0.15, 0.2) is 11.5 Å². The summed E-state index contributed by atoms with van der Waals surface area (Å²) in [7, 11) is 0. The summed E-state index contributed by atoms with van der Waals surface area (Å²) in [5, 5.41) is 5.40. The topological polar surface area (TPSA) is 76.7 Å². The van der Waals surface area contributed by atoms with Gasteiger partial charge in [0, 0.05) is 28.6 Å². The summed E-state index contributed by atoms with van der Waals surface area (Å²) < 4.78 is 24.2. The van der Waals surface area contributed by atoms with Crippen LogP contribution in [-0.4, -0.2) is 25.0 Å². The van der Waals surface area contributed by atoms with Crippen LogP contribution in [0, 0.1) is 5.82 Å². The van der Waals surface area contributed by atoms with Crippen LogP contribution in [0.3, 0.4) is 0 Å². The average Bonchev–Trinajstić information content (AvgIpc) is 2.74. The maximum absolute atomic E-state index is 13.2. The normalized spacial score (nSPS) is 12.2. The highest BCUT2D eigenvalue weighted by molar-refractivity contribution is 6.07. The highest BCUT2D eigenvalue weighted by Gasteiger charge is 2.14. The Bertz CT molecular complexity index is 1070. The third-order valence-electron chi connectivity index (χ3n) is 4.29. The van der Waals surface area contributed by atoms with Crippen LogP contribution in [-0.2, 0) is 0 Å². The fourth-order valence-corrected chi connectivity index (χ4v) is 2.87. The molecule has 6 nitrogen and oxygen atoms in total. The molecule has 3 aromatic rings. The van der Waals surface area contributed by atoms with E-state index in [9.17, 15) is 14.0 Å². The number of hydrogen-bond donors (Lipinski definition) is 2. The number of carbonyl (C=O) groups is 2. The van der Waals surface area contributed by atoms with Crippen LogP contribution in [0.15, 0.2) is 66.7 Å². The first-order valence-corrected chi connectivity index (χ1v) is 8.96. The standard InChI is InChI=1S/C22H17FN2O4/c23-16-2-1-3-17(12-16)24-21(26)14-4-6-15(7-5-14)22(27)25-18-8-9-19-20(13-18)29-11-10-28-19/h1-9,12-13H,10-11H2,(H,24,26)(H,25,27). The largest absolute Gasteiger partial charge is 0.486 e. The van der Waals surface area contributed by atoms with Gasteiger partial charge in [0.25, 0.3) is 11.8 Å². The van der Waals surface area contributed by atoms with E-state index >= 15 is 0 Å². The van der Waals surface area contributed by atoms with E-state index in [-0.39, 0.29) is 5.91 Å². The van der Waals surface area contributed by atoms with Gasteiger partial charge in [0.2, 0.25) is 0 Å². The molecule has 1 aliphatic rings. The number of halogens is 1. The molecule has 1 heterocycles. The highest BCUT2D eigenvalue weighted by atomic mass is 19.1. The number of rotatable bonds is 4. The Morgan fingerprint density at radius 2 is 1.31 bits per heavy atom. The summed E-state index contributed by atoms with van der Waals surface area (Å²) in [6.07, 6.45) is 0. The first kappa shape index (κ1) is 18.5. The molecular weight excluding hydrogens is 375 g/mol. The van der Waals surface area contributed by atoms with Crippen LogP contribution in [0.2, 0.25) is 0 Å². The Morgan fingerprint density at radius 3 is 1.93 bits per heavy atom. The molecule has 0 unspecified atom stereocenters. The predicted octanol–water partition coefficient (Wildman–Crippen LogP) is 4.10. The fourth-order valence-electron chi connectivity index (χ4n) is 2.87. The molecule has 0 atom stereocenters. The van der Waals surface area contributed by atoms with E-state index in [4.69, 9.17) is 9.47 Å². The zero-order chi connectivity index (χ0) is 20.2. The summed E-state index contributed by atoms with van der Waals surface area (Å²) >= 11 is 0. The summed E-state index contributed by atoms with van der Waals surface area (Å²) in [5.74, 6) is 0.0726. The van der Waals surface area contributed by atoms with E-state index in [0.29, 0.717) is 47.2 Å². The molecule has 0 fully saturated rings. The quantitative estimate of drug-likeness (QED) is 0.701. The molecule has 0 bridgehead atoms. The molecule has 2 N–H and O–H groups in total. The van der Waals surface area contributed by atoms with Crippen LogP contribution >= 0.6 is 0 Å². The number of amides is 2. The maximum atomic E-state index is 13.2. The van der Waals surface area contributed by atoms with Crippen LogP contribution in [0.4, 0.5) is 15.8 Å². The highest BCUT2D eigenvalue weighted by Crippen LogP contribution is 2.32. The van der Waals surface area contributed by atoms with Crippen molar-refractivity contribution in [2.24, 2.45) is 0 Å². The molecule has 0 saturated carbocycles. The van der Waals surface area contributed by atoms with E-state index in [2.05, 4.69) is 10.6 Å². The van der Waals surface area contributed by atoms with Crippen molar-refractivity contribution in [3.05, 3.63) is 83.7 Å². The van der Waals surface area contributed by atoms with E-state index in [1.807, 2.05) is 0 Å². The van der Waals surface area contributed by atoms with E-state index in [0.717, 1.165) is 0 Å². The van der Waals surface area contributed by atoms with Gasteiger partial charge in [0.05, 0.1) is 0 Å². The van der Waals surface area contributed by atoms with Gasteiger partial charge in [-0.1, -0.05) is 6.07 Å². The van der Waals surface area contributed by atoms with Crippen molar-refractivity contribution in [1.82, 2.24) is 0 Å². The number of nitrogens with one attached hydrogen (secondary N) is 2. The molecule has 0 radical (unpaired) electrons. The minimum absolute atomic E-state index is 0.321. The SMILES string of the molecule is O=C(Nc1cccc(F)c1)c1ccc(C(=O)Nc2ccc3c(c2)OCCO3)cc1. The zero-order valence-electron chi connectivity index (χ0n) is 15.3. The lowest BCUT2D eigenvalue weighted by Gasteiger charge is -2.19. The number of anilines is 2. The second-order valence-electron chi connectivity index (χ2n) is 6.35. The van der Waals surface area contributed by atoms with E-state index in [1.165, 1.54) is 30.3 Å². The molecule has 0 aliphatic carbocycles. The van der Waals surface area contributed by atoms with Gasteiger partial charge in [-0.25, -0.2) is 4.39 Å². The van der Waals surface area contributed by atoms with Crippen LogP contribution in [0.1, 0.15) is 20.7 Å². The van der Waals surface area contributed by atoms with Gasteiger partial charge in [0.1, 0.15) is 19.0 Å². The molecular formula is C22H17FN2O4. The predicted molar refractivity (Wildman–Crippen MR) is 106 cm³/mol. The van der Waals surface area contributed by atoms with Crippen LogP contribution < -0.4 is 20.1 Å². The van der Waals surface area contributed by atoms with Crippen molar-refractivity contribution < 1.29 is 23.5 Å². The molecule has 0 spiro atoms. The smallest absolute Gasteiger partial charge is 0.255 e. The van der Waals surface area contributed by atoms with Crippen LogP contribution in [0.5, 0.6) is 11.5 Å². The Kier molecular flexibility index (Phi) is 5.11. The number of ether oxygens (including phenoxy) is 2. The Hall–Kier alpha value is -3.87. The first-order valence-electron chi connectivity index (χ1n) is 8.96. The van der Waals surface area contributed by atoms with Gasteiger partial charge >= 0.3 is 0 Å². The van der Waals surface area contributed by atoms with Crippen LogP contribution in [0.25, 0.3) is 0 Å². The zero-order valence-corrected chi connectivity index (χ0v) is 15.3. The van der Waals surface area contributed by atoms with Gasteiger partial charge in [-0.05, 0) is 54.6 Å². The van der Waals surface area contributed by atoms with Gasteiger partial charge < -0.3 is 20.1 Å². The number of carbonyl (C=O) groups excluding carboxylic acids is 2. The molecule has 3 aromatic carbocycles. The van der Waals surface area contributed by atoms with Gasteiger partial charge in [-0.15, -0.1) is 0 Å². The van der Waals surface area contributed by atoms with Crippen molar-refractivity contribution in [2.45, 2.75) is 0 Å². The Labute approximate surface area is 166 Å². The molecule has 4 rings (SSSR count). The molecule has 0 aromatic heterocycles. The molecule has 1 aliphatic heterocycles. The lowest BCUT2D eigenvalue weighted by atomic mass is 10.1. The maximum Gasteiger partial charge on any atom is 0.255 e. The Morgan fingerprint density at radius 1 is 0.724 bits per heavy atom. The summed E-state index contributed by atoms with van der Waals surface area (Å²) in [6.45, 7) is 0.960. The monoisotopic (exact) mass is 392 g/mol. The van der Waals surface area contributed by atoms with Gasteiger partial charge in [-0.3, -0.25) is 9.59 Å². The third kappa shape index (κ3) is 4.35. The summed E-state index contributed by atoms with van der Waals surface area (Å²) in [5.41, 5.74) is 1.68. The summed E-state index contributed by atoms with van der Waals surface area (Å²) in [6, 6.07) is 17.0. The second-order valence-corrected chi connectivity index (χ2v) is 6.35. The second kappa shape index (κ2) is 8.02. The summed E-state index contributed by atoms with van der Waals surface area (Å²) in [4.78, 5) is 24.7. The van der Waals surface area contributed by atoms with Crippen molar-refractivity contribution in [3.63, 3.8) is 0 Å². The fraction of sp³-hybridized carbons (Fsp3) is 0.0909. The average molecular weight is 392 g/mol. The first-order chi connectivity index (χ1) is 14.1. The number of hydrogen-bond acceptors (Lipinski definition) is 4. The molecule has 146 valence electrons. The molecule has 0 saturated heterocycles. The minimum atomic E-state index is -0.436. The van der Waals surface area contributed by atoms with E-state index < -0.39 is 11.7 Å². The third-order valence-corrected chi connectivity index (χ3v) is 4.29. The minimum Gasteiger partial charge on any atom is -0.486 e.